The van der Waals surface area contributed by atoms with Crippen LogP contribution in [-0.4, -0.2) is 11.9 Å². The zero-order valence-corrected chi connectivity index (χ0v) is 19.2. The fraction of sp³-hybridized carbons (Fsp3) is 0.0714. The summed E-state index contributed by atoms with van der Waals surface area (Å²) in [5, 5.41) is 0.552. The summed E-state index contributed by atoms with van der Waals surface area (Å²) in [5.41, 5.74) is 0.572. The molecule has 0 saturated carbocycles. The Morgan fingerprint density at radius 2 is 0.944 bits per heavy atom. The van der Waals surface area contributed by atoms with E-state index in [1.165, 1.54) is 13.8 Å². The molecule has 0 saturated heterocycles. The normalized spacial score (nSPS) is 10.9. The molecule has 2 heterocycles. The van der Waals surface area contributed by atoms with Crippen molar-refractivity contribution in [3.63, 3.8) is 0 Å². The SMILES string of the molecule is CC(=O)Oc1c(-c2ccc(-c3oc4ccccc4c(=O)c3OC(C)=O)cc2)oc2ccccc2c1=O. The minimum absolute atomic E-state index is 0.0700. The monoisotopic (exact) mass is 482 g/mol. The molecule has 0 bridgehead atoms. The molecule has 5 aromatic rings. The fourth-order valence-electron chi connectivity index (χ4n) is 3.88. The largest absolute Gasteiger partial charge is 0.452 e. The molecule has 0 spiro atoms. The molecule has 5 rings (SSSR count). The Hall–Kier alpha value is -4.98. The van der Waals surface area contributed by atoms with Crippen molar-refractivity contribution in [1.82, 2.24) is 0 Å². The van der Waals surface area contributed by atoms with Crippen LogP contribution in [0.4, 0.5) is 0 Å². The predicted molar refractivity (Wildman–Crippen MR) is 132 cm³/mol. The summed E-state index contributed by atoms with van der Waals surface area (Å²) in [6.07, 6.45) is 0. The van der Waals surface area contributed by atoms with E-state index >= 15 is 0 Å². The Morgan fingerprint density at radius 3 is 1.31 bits per heavy atom. The third-order valence-corrected chi connectivity index (χ3v) is 5.41. The first-order chi connectivity index (χ1) is 17.3. The molecule has 0 aliphatic carbocycles. The van der Waals surface area contributed by atoms with Crippen LogP contribution in [0.25, 0.3) is 44.6 Å². The van der Waals surface area contributed by atoms with Gasteiger partial charge >= 0.3 is 11.9 Å². The molecule has 0 radical (unpaired) electrons. The molecule has 3 aromatic carbocycles. The maximum atomic E-state index is 13.0. The molecule has 0 amide bonds. The fourth-order valence-corrected chi connectivity index (χ4v) is 3.88. The quantitative estimate of drug-likeness (QED) is 0.326. The predicted octanol–water partition coefficient (Wildman–Crippen LogP) is 5.08. The van der Waals surface area contributed by atoms with E-state index < -0.39 is 22.8 Å². The number of carbonyl (C=O) groups excluding carboxylic acids is 2. The van der Waals surface area contributed by atoms with Crippen LogP contribution in [0, 0.1) is 0 Å². The minimum atomic E-state index is -0.667. The number of fused-ring (bicyclic) bond motifs is 2. The molecule has 0 aliphatic rings. The number of rotatable bonds is 4. The van der Waals surface area contributed by atoms with Crippen molar-refractivity contribution in [1.29, 1.82) is 0 Å². The zero-order valence-electron chi connectivity index (χ0n) is 19.2. The Morgan fingerprint density at radius 1 is 0.583 bits per heavy atom. The summed E-state index contributed by atoms with van der Waals surface area (Å²) in [7, 11) is 0. The maximum Gasteiger partial charge on any atom is 0.308 e. The van der Waals surface area contributed by atoms with Gasteiger partial charge in [-0.3, -0.25) is 19.2 Å². The lowest BCUT2D eigenvalue weighted by molar-refractivity contribution is -0.132. The molecule has 0 fully saturated rings. The summed E-state index contributed by atoms with van der Waals surface area (Å²) in [5.74, 6) is -1.65. The number of hydrogen-bond donors (Lipinski definition) is 0. The van der Waals surface area contributed by atoms with Crippen LogP contribution in [0.2, 0.25) is 0 Å². The van der Waals surface area contributed by atoms with Crippen LogP contribution in [0.3, 0.4) is 0 Å². The lowest BCUT2D eigenvalue weighted by atomic mass is 10.0. The number of benzene rings is 3. The van der Waals surface area contributed by atoms with Crippen LogP contribution >= 0.6 is 0 Å². The number of carbonyl (C=O) groups is 2. The zero-order chi connectivity index (χ0) is 25.4. The van der Waals surface area contributed by atoms with Gasteiger partial charge in [-0.05, 0) is 24.3 Å². The van der Waals surface area contributed by atoms with Crippen molar-refractivity contribution in [2.75, 3.05) is 0 Å². The summed E-state index contributed by atoms with van der Waals surface area (Å²) >= 11 is 0. The van der Waals surface area contributed by atoms with Crippen molar-refractivity contribution < 1.29 is 27.9 Å². The third-order valence-electron chi connectivity index (χ3n) is 5.41. The number of ether oxygens (including phenoxy) is 2. The van der Waals surface area contributed by atoms with Crippen LogP contribution in [0.15, 0.2) is 91.2 Å². The lowest BCUT2D eigenvalue weighted by Gasteiger charge is -2.11. The van der Waals surface area contributed by atoms with E-state index in [2.05, 4.69) is 0 Å². The minimum Gasteiger partial charge on any atom is -0.452 e. The molecule has 178 valence electrons. The Bertz CT molecular complexity index is 1640. The average Bonchev–Trinajstić information content (AvgIpc) is 2.87. The van der Waals surface area contributed by atoms with Crippen molar-refractivity contribution in [2.24, 2.45) is 0 Å². The maximum absolute atomic E-state index is 13.0. The van der Waals surface area contributed by atoms with E-state index in [0.717, 1.165) is 0 Å². The highest BCUT2D eigenvalue weighted by molar-refractivity contribution is 5.86. The van der Waals surface area contributed by atoms with Gasteiger partial charge in [-0.2, -0.15) is 0 Å². The smallest absolute Gasteiger partial charge is 0.308 e. The standard InChI is InChI=1S/C28H18O8/c1-15(29)33-27-23(31)19-7-3-5-9-21(19)35-25(27)17-11-13-18(14-12-17)26-28(34-16(2)30)24(32)20-8-4-6-10-22(20)36-26/h3-14H,1-2H3. The van der Waals surface area contributed by atoms with Crippen molar-refractivity contribution in [3.05, 3.63) is 93.2 Å². The van der Waals surface area contributed by atoms with E-state index in [9.17, 15) is 19.2 Å². The lowest BCUT2D eigenvalue weighted by Crippen LogP contribution is -2.13. The van der Waals surface area contributed by atoms with Gasteiger partial charge in [-0.15, -0.1) is 0 Å². The second-order valence-electron chi connectivity index (χ2n) is 7.94. The molecule has 2 aromatic heterocycles. The van der Waals surface area contributed by atoms with E-state index in [-0.39, 0.29) is 33.8 Å². The van der Waals surface area contributed by atoms with E-state index in [0.29, 0.717) is 22.3 Å². The summed E-state index contributed by atoms with van der Waals surface area (Å²) < 4.78 is 22.3. The summed E-state index contributed by atoms with van der Waals surface area (Å²) in [4.78, 5) is 49.4. The number of para-hydroxylation sites is 2. The Kier molecular flexibility index (Phi) is 5.69. The molecular weight excluding hydrogens is 464 g/mol. The highest BCUT2D eigenvalue weighted by Crippen LogP contribution is 2.35. The van der Waals surface area contributed by atoms with Crippen LogP contribution in [0.1, 0.15) is 13.8 Å². The van der Waals surface area contributed by atoms with Gasteiger partial charge in [-0.25, -0.2) is 0 Å². The second-order valence-corrected chi connectivity index (χ2v) is 7.94. The average molecular weight is 482 g/mol. The second kappa shape index (κ2) is 8.99. The van der Waals surface area contributed by atoms with Crippen molar-refractivity contribution >= 4 is 33.9 Å². The van der Waals surface area contributed by atoms with Crippen molar-refractivity contribution in [2.45, 2.75) is 13.8 Å². The first-order valence-electron chi connectivity index (χ1n) is 10.9. The highest BCUT2D eigenvalue weighted by atomic mass is 16.5. The van der Waals surface area contributed by atoms with Gasteiger partial charge in [0.05, 0.1) is 10.8 Å². The molecule has 8 heteroatoms. The van der Waals surface area contributed by atoms with Gasteiger partial charge in [0, 0.05) is 25.0 Å². The number of esters is 2. The molecule has 0 aliphatic heterocycles. The van der Waals surface area contributed by atoms with Crippen LogP contribution in [-0.2, 0) is 9.59 Å². The van der Waals surface area contributed by atoms with E-state index in [1.54, 1.807) is 72.8 Å². The topological polar surface area (TPSA) is 113 Å². The van der Waals surface area contributed by atoms with E-state index in [4.69, 9.17) is 18.3 Å². The van der Waals surface area contributed by atoms with Gasteiger partial charge in [0.25, 0.3) is 0 Å². The third kappa shape index (κ3) is 4.05. The van der Waals surface area contributed by atoms with Gasteiger partial charge < -0.3 is 18.3 Å². The van der Waals surface area contributed by atoms with Gasteiger partial charge in [0.2, 0.25) is 22.4 Å². The highest BCUT2D eigenvalue weighted by Gasteiger charge is 2.22. The Balaban J connectivity index is 1.68. The molecule has 0 atom stereocenters. The van der Waals surface area contributed by atoms with Gasteiger partial charge in [-0.1, -0.05) is 48.5 Å². The summed E-state index contributed by atoms with van der Waals surface area (Å²) in [6.45, 7) is 2.39. The summed E-state index contributed by atoms with van der Waals surface area (Å²) in [6, 6.07) is 19.7. The molecule has 8 nitrogen and oxygen atoms in total. The van der Waals surface area contributed by atoms with E-state index in [1.807, 2.05) is 0 Å². The Labute approximate surface area is 203 Å². The van der Waals surface area contributed by atoms with Crippen LogP contribution in [0.5, 0.6) is 11.5 Å². The van der Waals surface area contributed by atoms with Gasteiger partial charge in [0.1, 0.15) is 11.2 Å². The van der Waals surface area contributed by atoms with Crippen LogP contribution < -0.4 is 20.3 Å². The first-order valence-corrected chi connectivity index (χ1v) is 10.9. The molecular formula is C28H18O8. The molecule has 0 unspecified atom stereocenters. The number of hydrogen-bond acceptors (Lipinski definition) is 8. The first kappa shape index (κ1) is 22.8. The van der Waals surface area contributed by atoms with Crippen molar-refractivity contribution in [3.8, 4) is 34.1 Å². The molecule has 0 N–H and O–H groups in total. The van der Waals surface area contributed by atoms with Gasteiger partial charge in [0.15, 0.2) is 11.5 Å². The molecule has 36 heavy (non-hydrogen) atoms.